The Balaban J connectivity index is 1.34. The zero-order valence-electron chi connectivity index (χ0n) is 22.9. The highest BCUT2D eigenvalue weighted by atomic mass is 35.5. The number of carbonyl (C=O) groups is 1. The third kappa shape index (κ3) is 4.17. The Hall–Kier alpha value is -4.86. The molecule has 0 radical (unpaired) electrons. The summed E-state index contributed by atoms with van der Waals surface area (Å²) in [6.45, 7) is 0.236. The van der Waals surface area contributed by atoms with E-state index >= 15 is 0 Å². The Morgan fingerprint density at radius 2 is 1.17 bits per heavy atom. The van der Waals surface area contributed by atoms with Crippen LogP contribution in [0.5, 0.6) is 0 Å². The first kappa shape index (κ1) is 26.1. The topological polar surface area (TPSA) is 31.2 Å². The molecule has 4 heteroatoms. The molecule has 5 aromatic carbocycles. The summed E-state index contributed by atoms with van der Waals surface area (Å²) in [7, 11) is 0. The van der Waals surface area contributed by atoms with Crippen molar-refractivity contribution in [2.45, 2.75) is 11.3 Å². The molecule has 1 aliphatic rings. The third-order valence-electron chi connectivity index (χ3n) is 8.36. The first-order chi connectivity index (χ1) is 20.7. The second kappa shape index (κ2) is 10.8. The molecule has 42 heavy (non-hydrogen) atoms. The van der Waals surface area contributed by atoms with Gasteiger partial charge in [-0.15, -0.1) is 0 Å². The number of ether oxygens (including phenoxy) is 1. The van der Waals surface area contributed by atoms with E-state index in [4.69, 9.17) is 16.3 Å². The van der Waals surface area contributed by atoms with E-state index in [1.807, 2.05) is 84.9 Å². The molecular formula is C38H28ClNO2. The van der Waals surface area contributed by atoms with Gasteiger partial charge >= 0.3 is 6.09 Å². The molecule has 0 saturated heterocycles. The minimum Gasteiger partial charge on any atom is -0.448 e. The van der Waals surface area contributed by atoms with E-state index in [0.717, 1.165) is 22.4 Å². The van der Waals surface area contributed by atoms with Crippen molar-refractivity contribution in [1.82, 2.24) is 4.57 Å². The first-order valence-corrected chi connectivity index (χ1v) is 14.5. The second-order valence-electron chi connectivity index (χ2n) is 10.5. The van der Waals surface area contributed by atoms with Gasteiger partial charge in [0.2, 0.25) is 0 Å². The minimum atomic E-state index is -0.879. The van der Waals surface area contributed by atoms with Crippen molar-refractivity contribution in [2.75, 3.05) is 6.61 Å². The molecule has 0 bridgehead atoms. The lowest BCUT2D eigenvalue weighted by Crippen LogP contribution is -2.35. The van der Waals surface area contributed by atoms with E-state index in [1.54, 1.807) is 10.8 Å². The van der Waals surface area contributed by atoms with Gasteiger partial charge in [0.25, 0.3) is 0 Å². The van der Waals surface area contributed by atoms with E-state index in [9.17, 15) is 4.79 Å². The lowest BCUT2D eigenvalue weighted by molar-refractivity contribution is 0.143. The van der Waals surface area contributed by atoms with Gasteiger partial charge in [-0.3, -0.25) is 4.57 Å². The van der Waals surface area contributed by atoms with Gasteiger partial charge in [-0.05, 0) is 57.1 Å². The second-order valence-corrected chi connectivity index (χ2v) is 10.9. The highest BCUT2D eigenvalue weighted by Gasteiger charge is 2.43. The van der Waals surface area contributed by atoms with Gasteiger partial charge in [-0.1, -0.05) is 139 Å². The summed E-state index contributed by atoms with van der Waals surface area (Å²) >= 11 is 6.97. The summed E-state index contributed by atoms with van der Waals surface area (Å²) < 4.78 is 7.78. The monoisotopic (exact) mass is 565 g/mol. The molecular weight excluding hydrogens is 538 g/mol. The summed E-state index contributed by atoms with van der Waals surface area (Å²) in [5, 5.41) is 0.616. The Labute approximate surface area is 250 Å². The minimum absolute atomic E-state index is 0.0306. The Morgan fingerprint density at radius 3 is 1.76 bits per heavy atom. The summed E-state index contributed by atoms with van der Waals surface area (Å²) in [6, 6.07) is 48.9. The van der Waals surface area contributed by atoms with Crippen LogP contribution in [-0.4, -0.2) is 17.3 Å². The van der Waals surface area contributed by atoms with Crippen LogP contribution in [0.2, 0.25) is 5.02 Å². The van der Waals surface area contributed by atoms with E-state index in [2.05, 4.69) is 60.7 Å². The number of halogens is 1. The van der Waals surface area contributed by atoms with Crippen LogP contribution in [0.1, 0.15) is 39.4 Å². The maximum atomic E-state index is 14.0. The van der Waals surface area contributed by atoms with Gasteiger partial charge in [0.05, 0.1) is 5.41 Å². The quantitative estimate of drug-likeness (QED) is 0.188. The molecule has 0 atom stereocenters. The fourth-order valence-corrected chi connectivity index (χ4v) is 6.84. The standard InChI is InChI=1S/C38H28ClNO2/c39-35-23-12-11-22-34(35)38(27-14-3-1-4-15-27,28-16-5-2-6-17-28)36-24-13-25-40(36)37(41)42-26-33-31-20-9-7-18-29(31)30-19-8-10-21-32(30)33/h1-25,33H,26H2. The van der Waals surface area contributed by atoms with Crippen LogP contribution >= 0.6 is 11.6 Å². The van der Waals surface area contributed by atoms with Crippen molar-refractivity contribution in [2.24, 2.45) is 0 Å². The lowest BCUT2D eigenvalue weighted by Gasteiger charge is -2.37. The molecule has 0 spiro atoms. The zero-order chi connectivity index (χ0) is 28.5. The van der Waals surface area contributed by atoms with Crippen molar-refractivity contribution < 1.29 is 9.53 Å². The molecule has 6 aromatic rings. The number of benzene rings is 5. The molecule has 0 unspecified atom stereocenters. The predicted molar refractivity (Wildman–Crippen MR) is 168 cm³/mol. The molecule has 0 aliphatic heterocycles. The van der Waals surface area contributed by atoms with Gasteiger partial charge in [0.1, 0.15) is 6.61 Å². The number of hydrogen-bond acceptors (Lipinski definition) is 2. The van der Waals surface area contributed by atoms with Gasteiger partial charge in [0, 0.05) is 22.8 Å². The average Bonchev–Trinajstić information content (AvgIpc) is 3.66. The van der Waals surface area contributed by atoms with Crippen molar-refractivity contribution in [3.05, 3.63) is 190 Å². The lowest BCUT2D eigenvalue weighted by atomic mass is 9.67. The highest BCUT2D eigenvalue weighted by Crippen LogP contribution is 2.48. The van der Waals surface area contributed by atoms with Crippen molar-refractivity contribution in [1.29, 1.82) is 0 Å². The number of carbonyl (C=O) groups excluding carboxylic acids is 1. The molecule has 0 saturated carbocycles. The summed E-state index contributed by atoms with van der Waals surface area (Å²) in [5.41, 5.74) is 7.50. The number of aromatic nitrogens is 1. The van der Waals surface area contributed by atoms with Crippen molar-refractivity contribution >= 4 is 17.7 Å². The Bertz CT molecular complexity index is 1790. The zero-order valence-corrected chi connectivity index (χ0v) is 23.6. The van der Waals surface area contributed by atoms with Gasteiger partial charge in [-0.2, -0.15) is 0 Å². The highest BCUT2D eigenvalue weighted by molar-refractivity contribution is 6.31. The van der Waals surface area contributed by atoms with E-state index in [1.165, 1.54) is 22.3 Å². The van der Waals surface area contributed by atoms with Crippen LogP contribution in [0.25, 0.3) is 11.1 Å². The van der Waals surface area contributed by atoms with E-state index < -0.39 is 11.5 Å². The molecule has 3 nitrogen and oxygen atoms in total. The van der Waals surface area contributed by atoms with Gasteiger partial charge in [0.15, 0.2) is 0 Å². The molecule has 1 aromatic heterocycles. The summed E-state index contributed by atoms with van der Waals surface area (Å²) in [6.07, 6.45) is 1.35. The SMILES string of the molecule is O=C(OCC1c2ccccc2-c2ccccc21)n1cccc1C(c1ccccc1)(c1ccccc1)c1ccccc1Cl. The normalized spacial score (nSPS) is 12.5. The van der Waals surface area contributed by atoms with Crippen molar-refractivity contribution in [3.8, 4) is 11.1 Å². The average molecular weight is 566 g/mol. The summed E-state index contributed by atoms with van der Waals surface area (Å²) in [4.78, 5) is 14.0. The predicted octanol–water partition coefficient (Wildman–Crippen LogP) is 9.32. The Kier molecular flexibility index (Phi) is 6.73. The van der Waals surface area contributed by atoms with Crippen molar-refractivity contribution in [3.63, 3.8) is 0 Å². The fourth-order valence-electron chi connectivity index (χ4n) is 6.56. The molecule has 204 valence electrons. The summed E-state index contributed by atoms with van der Waals surface area (Å²) in [5.74, 6) is -0.0306. The van der Waals surface area contributed by atoms with Gasteiger partial charge in [-0.25, -0.2) is 4.79 Å². The maximum Gasteiger partial charge on any atom is 0.418 e. The van der Waals surface area contributed by atoms with Crippen LogP contribution < -0.4 is 0 Å². The molecule has 0 fully saturated rings. The van der Waals surface area contributed by atoms with Crippen LogP contribution in [0, 0.1) is 0 Å². The van der Waals surface area contributed by atoms with Crippen LogP contribution in [0.4, 0.5) is 4.79 Å². The van der Waals surface area contributed by atoms with Crippen LogP contribution in [-0.2, 0) is 10.2 Å². The maximum absolute atomic E-state index is 14.0. The first-order valence-electron chi connectivity index (χ1n) is 14.1. The molecule has 1 heterocycles. The van der Waals surface area contributed by atoms with Crippen LogP contribution in [0.15, 0.2) is 152 Å². The third-order valence-corrected chi connectivity index (χ3v) is 8.69. The van der Waals surface area contributed by atoms with E-state index in [0.29, 0.717) is 5.02 Å². The fraction of sp³-hybridized carbons (Fsp3) is 0.0789. The number of hydrogen-bond donors (Lipinski definition) is 0. The molecule has 1 aliphatic carbocycles. The Morgan fingerprint density at radius 1 is 0.643 bits per heavy atom. The number of fused-ring (bicyclic) bond motifs is 3. The van der Waals surface area contributed by atoms with Gasteiger partial charge < -0.3 is 4.74 Å². The van der Waals surface area contributed by atoms with E-state index in [-0.39, 0.29) is 12.5 Å². The largest absolute Gasteiger partial charge is 0.448 e. The molecule has 7 rings (SSSR count). The number of rotatable bonds is 6. The molecule has 0 amide bonds. The molecule has 0 N–H and O–H groups in total. The number of nitrogens with zero attached hydrogens (tertiary/aromatic N) is 1. The van der Waals surface area contributed by atoms with Crippen LogP contribution in [0.3, 0.4) is 0 Å². The smallest absolute Gasteiger partial charge is 0.418 e.